The average molecular weight is 440 g/mol. The molecule has 0 fully saturated rings. The van der Waals surface area contributed by atoms with Crippen LogP contribution in [0.25, 0.3) is 0 Å². The van der Waals surface area contributed by atoms with Gasteiger partial charge in [-0.15, -0.1) is 0 Å². The number of aryl methyl sites for hydroxylation is 2. The van der Waals surface area contributed by atoms with Crippen LogP contribution in [0.4, 0.5) is 17.1 Å². The van der Waals surface area contributed by atoms with Crippen LogP contribution in [-0.2, 0) is 4.79 Å². The molecule has 2 aliphatic rings. The Hall–Kier alpha value is -3.93. The molecule has 33 heavy (non-hydrogen) atoms. The standard InChI is InChI=1S/C27H25N3O3/c1-16-7-10-18(11-8-16)20-13-23-26(25(31)15-20)27(29-22-6-4-3-5-21(22)28-23)19-12-9-17(2)24(14-19)30(32)33/h3-12,14,20,27-29H,13,15H2,1-2H3/t20-,27-/m1/s1. The number of fused-ring (bicyclic) bond motifs is 1. The first-order chi connectivity index (χ1) is 15.9. The molecular weight excluding hydrogens is 414 g/mol. The Morgan fingerprint density at radius 3 is 2.33 bits per heavy atom. The maximum Gasteiger partial charge on any atom is 0.272 e. The summed E-state index contributed by atoms with van der Waals surface area (Å²) in [6.45, 7) is 3.78. The van der Waals surface area contributed by atoms with Crippen molar-refractivity contribution in [1.82, 2.24) is 0 Å². The molecule has 2 N–H and O–H groups in total. The van der Waals surface area contributed by atoms with Crippen LogP contribution in [0.15, 0.2) is 78.0 Å². The second kappa shape index (κ2) is 8.20. The van der Waals surface area contributed by atoms with Gasteiger partial charge in [-0.25, -0.2) is 0 Å². The number of anilines is 2. The Labute approximate surface area is 192 Å². The van der Waals surface area contributed by atoms with Gasteiger partial charge in [-0.1, -0.05) is 54.1 Å². The molecule has 2 atom stereocenters. The van der Waals surface area contributed by atoms with E-state index >= 15 is 0 Å². The lowest BCUT2D eigenvalue weighted by Crippen LogP contribution is -2.27. The van der Waals surface area contributed by atoms with Crippen molar-refractivity contribution in [3.05, 3.63) is 110 Å². The number of rotatable bonds is 3. The van der Waals surface area contributed by atoms with Crippen molar-refractivity contribution in [3.8, 4) is 0 Å². The molecule has 6 heteroatoms. The van der Waals surface area contributed by atoms with Gasteiger partial charge in [-0.2, -0.15) is 0 Å². The quantitative estimate of drug-likeness (QED) is 0.375. The van der Waals surface area contributed by atoms with Gasteiger partial charge in [0, 0.05) is 29.3 Å². The molecule has 0 aromatic heterocycles. The molecule has 0 bridgehead atoms. The zero-order valence-corrected chi connectivity index (χ0v) is 18.6. The first-order valence-electron chi connectivity index (χ1n) is 11.1. The molecule has 0 unspecified atom stereocenters. The number of benzene rings is 3. The minimum absolute atomic E-state index is 0.0581. The Morgan fingerprint density at radius 1 is 0.909 bits per heavy atom. The van der Waals surface area contributed by atoms with Crippen LogP contribution in [0.3, 0.4) is 0 Å². The van der Waals surface area contributed by atoms with Crippen LogP contribution in [0.5, 0.6) is 0 Å². The zero-order valence-electron chi connectivity index (χ0n) is 18.6. The summed E-state index contributed by atoms with van der Waals surface area (Å²) >= 11 is 0. The van der Waals surface area contributed by atoms with Crippen LogP contribution < -0.4 is 10.6 Å². The number of carbonyl (C=O) groups is 1. The summed E-state index contributed by atoms with van der Waals surface area (Å²) in [4.78, 5) is 24.8. The normalized spacial score (nSPS) is 19.6. The van der Waals surface area contributed by atoms with E-state index in [4.69, 9.17) is 0 Å². The summed E-state index contributed by atoms with van der Waals surface area (Å²) < 4.78 is 0. The number of nitrogens with one attached hydrogen (secondary N) is 2. The zero-order chi connectivity index (χ0) is 23.1. The number of nitro benzene ring substituents is 1. The summed E-state index contributed by atoms with van der Waals surface area (Å²) in [6.07, 6.45) is 1.11. The minimum atomic E-state index is -0.470. The average Bonchev–Trinajstić information content (AvgIpc) is 2.96. The third kappa shape index (κ3) is 3.89. The van der Waals surface area contributed by atoms with E-state index in [1.165, 1.54) is 5.56 Å². The van der Waals surface area contributed by atoms with Crippen molar-refractivity contribution >= 4 is 22.8 Å². The Morgan fingerprint density at radius 2 is 1.61 bits per heavy atom. The van der Waals surface area contributed by atoms with E-state index in [2.05, 4.69) is 41.8 Å². The molecule has 0 saturated heterocycles. The first-order valence-corrected chi connectivity index (χ1v) is 11.1. The third-order valence-corrected chi connectivity index (χ3v) is 6.62. The number of nitrogens with zero attached hydrogens (tertiary/aromatic N) is 1. The van der Waals surface area contributed by atoms with Crippen LogP contribution in [-0.4, -0.2) is 10.7 Å². The van der Waals surface area contributed by atoms with Crippen LogP contribution in [0, 0.1) is 24.0 Å². The van der Waals surface area contributed by atoms with Crippen molar-refractivity contribution in [1.29, 1.82) is 0 Å². The van der Waals surface area contributed by atoms with E-state index in [0.717, 1.165) is 22.6 Å². The van der Waals surface area contributed by atoms with Crippen molar-refractivity contribution in [2.75, 3.05) is 10.6 Å². The summed E-state index contributed by atoms with van der Waals surface area (Å²) in [7, 11) is 0. The smallest absolute Gasteiger partial charge is 0.272 e. The lowest BCUT2D eigenvalue weighted by molar-refractivity contribution is -0.385. The fourth-order valence-electron chi connectivity index (χ4n) is 4.82. The predicted molar refractivity (Wildman–Crippen MR) is 129 cm³/mol. The van der Waals surface area contributed by atoms with Crippen LogP contribution in [0.1, 0.15) is 47.1 Å². The monoisotopic (exact) mass is 439 g/mol. The van der Waals surface area contributed by atoms with E-state index < -0.39 is 6.04 Å². The number of hydrogen-bond donors (Lipinski definition) is 2. The van der Waals surface area contributed by atoms with E-state index in [1.807, 2.05) is 30.3 Å². The van der Waals surface area contributed by atoms with E-state index in [0.29, 0.717) is 29.5 Å². The van der Waals surface area contributed by atoms with Gasteiger partial charge in [0.2, 0.25) is 0 Å². The maximum absolute atomic E-state index is 13.6. The molecule has 3 aromatic rings. The van der Waals surface area contributed by atoms with Gasteiger partial charge in [0.1, 0.15) is 0 Å². The number of Topliss-reactive ketones (excluding diaryl/α,β-unsaturated/α-hetero) is 1. The molecule has 6 nitrogen and oxygen atoms in total. The van der Waals surface area contributed by atoms with Crippen molar-refractivity contribution in [2.45, 2.75) is 38.6 Å². The number of allylic oxidation sites excluding steroid dienone is 1. The van der Waals surface area contributed by atoms with Gasteiger partial charge in [0.05, 0.1) is 22.3 Å². The lowest BCUT2D eigenvalue weighted by atomic mass is 9.78. The molecule has 5 rings (SSSR count). The van der Waals surface area contributed by atoms with Gasteiger partial charge in [0.15, 0.2) is 5.78 Å². The van der Waals surface area contributed by atoms with Gasteiger partial charge in [-0.3, -0.25) is 14.9 Å². The molecule has 3 aromatic carbocycles. The minimum Gasteiger partial charge on any atom is -0.372 e. The summed E-state index contributed by atoms with van der Waals surface area (Å²) in [5.41, 5.74) is 6.99. The van der Waals surface area contributed by atoms with Gasteiger partial charge in [0.25, 0.3) is 5.69 Å². The Balaban J connectivity index is 1.62. The Kier molecular flexibility index (Phi) is 5.21. The van der Waals surface area contributed by atoms with Crippen molar-refractivity contribution in [3.63, 3.8) is 0 Å². The number of hydrogen-bond acceptors (Lipinski definition) is 5. The first kappa shape index (κ1) is 20.9. The highest BCUT2D eigenvalue weighted by Gasteiger charge is 2.36. The molecule has 0 saturated carbocycles. The third-order valence-electron chi connectivity index (χ3n) is 6.62. The van der Waals surface area contributed by atoms with Crippen LogP contribution in [0.2, 0.25) is 0 Å². The van der Waals surface area contributed by atoms with Crippen molar-refractivity contribution < 1.29 is 9.72 Å². The SMILES string of the molecule is Cc1ccc([C@H]2CC(=O)C3=C(C2)Nc2ccccc2N[C@@H]3c2ccc(C)c([N+](=O)[O-])c2)cc1. The van der Waals surface area contributed by atoms with Gasteiger partial charge >= 0.3 is 0 Å². The second-order valence-electron chi connectivity index (χ2n) is 8.88. The van der Waals surface area contributed by atoms with E-state index in [1.54, 1.807) is 19.1 Å². The molecule has 0 radical (unpaired) electrons. The fraction of sp³-hybridized carbons (Fsp3) is 0.222. The Bertz CT molecular complexity index is 1290. The van der Waals surface area contributed by atoms with Gasteiger partial charge in [-0.05, 0) is 49.4 Å². The number of nitro groups is 1. The number of carbonyl (C=O) groups excluding carboxylic acids is 1. The molecular formula is C27H25N3O3. The molecule has 1 heterocycles. The highest BCUT2D eigenvalue weighted by atomic mass is 16.6. The maximum atomic E-state index is 13.6. The lowest BCUT2D eigenvalue weighted by Gasteiger charge is -2.30. The molecule has 1 aliphatic heterocycles. The van der Waals surface area contributed by atoms with E-state index in [-0.39, 0.29) is 22.3 Å². The van der Waals surface area contributed by atoms with Crippen LogP contribution >= 0.6 is 0 Å². The van der Waals surface area contributed by atoms with E-state index in [9.17, 15) is 14.9 Å². The fourth-order valence-corrected chi connectivity index (χ4v) is 4.82. The molecule has 1 aliphatic carbocycles. The highest BCUT2D eigenvalue weighted by Crippen LogP contribution is 2.44. The summed E-state index contributed by atoms with van der Waals surface area (Å²) in [6, 6.07) is 20.9. The largest absolute Gasteiger partial charge is 0.372 e. The molecule has 0 spiro atoms. The second-order valence-corrected chi connectivity index (χ2v) is 8.88. The number of ketones is 1. The summed E-state index contributed by atoms with van der Waals surface area (Å²) in [5.74, 6) is 0.144. The predicted octanol–water partition coefficient (Wildman–Crippen LogP) is 6.19. The topological polar surface area (TPSA) is 84.3 Å². The van der Waals surface area contributed by atoms with Crippen molar-refractivity contribution in [2.24, 2.45) is 0 Å². The van der Waals surface area contributed by atoms with Gasteiger partial charge < -0.3 is 10.6 Å². The number of para-hydroxylation sites is 2. The molecule has 0 amide bonds. The molecule has 166 valence electrons. The summed E-state index contributed by atoms with van der Waals surface area (Å²) in [5, 5.41) is 18.6. The highest BCUT2D eigenvalue weighted by molar-refractivity contribution is 6.01.